The van der Waals surface area contributed by atoms with Crippen LogP contribution in [0.15, 0.2) is 18.2 Å². The highest BCUT2D eigenvalue weighted by atomic mass is 127. The average molecular weight is 390 g/mol. The molecule has 0 saturated carbocycles. The van der Waals surface area contributed by atoms with Gasteiger partial charge in [0.2, 0.25) is 10.0 Å². The fourth-order valence-corrected chi connectivity index (χ4v) is 3.19. The number of esters is 1. The summed E-state index contributed by atoms with van der Waals surface area (Å²) in [6.07, 6.45) is 0. The van der Waals surface area contributed by atoms with Crippen LogP contribution >= 0.6 is 34.2 Å². The monoisotopic (exact) mass is 389 g/mol. The average Bonchev–Trinajstić information content (AvgIpc) is 2.21. The van der Waals surface area contributed by atoms with Crippen LogP contribution in [-0.2, 0) is 19.6 Å². The molecule has 0 unspecified atom stereocenters. The van der Waals surface area contributed by atoms with E-state index in [0.29, 0.717) is 14.3 Å². The maximum absolute atomic E-state index is 11.6. The third-order valence-corrected chi connectivity index (χ3v) is 4.01. The molecule has 1 aromatic rings. The van der Waals surface area contributed by atoms with E-state index in [-0.39, 0.29) is 0 Å². The van der Waals surface area contributed by atoms with E-state index < -0.39 is 21.7 Å². The lowest BCUT2D eigenvalue weighted by Crippen LogP contribution is -2.24. The van der Waals surface area contributed by atoms with Gasteiger partial charge in [-0.25, -0.2) is 8.42 Å². The van der Waals surface area contributed by atoms with Gasteiger partial charge < -0.3 is 4.74 Å². The van der Waals surface area contributed by atoms with Crippen LogP contribution in [0.1, 0.15) is 0 Å². The second-order valence-electron chi connectivity index (χ2n) is 3.06. The number of carbonyl (C=O) groups is 1. The number of hydrogen-bond acceptors (Lipinski definition) is 4. The number of sulfonamides is 1. The van der Waals surface area contributed by atoms with Crippen LogP contribution in [0.25, 0.3) is 0 Å². The predicted molar refractivity (Wildman–Crippen MR) is 73.6 cm³/mol. The third-order valence-electron chi connectivity index (χ3n) is 1.73. The Labute approximate surface area is 118 Å². The number of anilines is 1. The second-order valence-corrected chi connectivity index (χ2v) is 6.38. The van der Waals surface area contributed by atoms with Crippen LogP contribution in [-0.4, -0.2) is 27.2 Å². The van der Waals surface area contributed by atoms with E-state index in [1.54, 1.807) is 12.1 Å². The van der Waals surface area contributed by atoms with Crippen molar-refractivity contribution in [1.82, 2.24) is 0 Å². The van der Waals surface area contributed by atoms with Gasteiger partial charge in [-0.3, -0.25) is 9.52 Å². The van der Waals surface area contributed by atoms with E-state index in [4.69, 9.17) is 11.6 Å². The van der Waals surface area contributed by atoms with E-state index >= 15 is 0 Å². The highest BCUT2D eigenvalue weighted by molar-refractivity contribution is 14.1. The molecule has 0 saturated heterocycles. The minimum atomic E-state index is -3.75. The molecule has 0 aromatic heterocycles. The number of ether oxygens (including phenoxy) is 1. The summed E-state index contributed by atoms with van der Waals surface area (Å²) in [6, 6.07) is 4.69. The fourth-order valence-electron chi connectivity index (χ4n) is 0.990. The number of halogens is 2. The first kappa shape index (κ1) is 14.5. The van der Waals surface area contributed by atoms with Gasteiger partial charge >= 0.3 is 5.97 Å². The van der Waals surface area contributed by atoms with Gasteiger partial charge in [0.1, 0.15) is 0 Å². The lowest BCUT2D eigenvalue weighted by molar-refractivity contribution is -0.137. The van der Waals surface area contributed by atoms with Crippen molar-refractivity contribution in [2.45, 2.75) is 0 Å². The second kappa shape index (κ2) is 5.87. The normalized spacial score (nSPS) is 11.0. The molecule has 1 N–H and O–H groups in total. The van der Waals surface area contributed by atoms with Gasteiger partial charge in [0.05, 0.1) is 12.8 Å². The van der Waals surface area contributed by atoms with E-state index in [0.717, 1.165) is 7.11 Å². The first-order chi connectivity index (χ1) is 7.84. The fraction of sp³-hybridized carbons (Fsp3) is 0.222. The summed E-state index contributed by atoms with van der Waals surface area (Å²) in [6.45, 7) is 0. The number of hydrogen-bond donors (Lipinski definition) is 1. The zero-order valence-electron chi connectivity index (χ0n) is 8.74. The quantitative estimate of drug-likeness (QED) is 0.630. The summed E-state index contributed by atoms with van der Waals surface area (Å²) < 4.78 is 30.3. The Morgan fingerprint density at radius 1 is 1.53 bits per heavy atom. The molecule has 0 aliphatic carbocycles. The number of nitrogens with one attached hydrogen (secondary N) is 1. The molecule has 1 aromatic carbocycles. The number of carbonyl (C=O) groups excluding carboxylic acids is 1. The van der Waals surface area contributed by atoms with Crippen molar-refractivity contribution in [3.8, 4) is 0 Å². The van der Waals surface area contributed by atoms with Gasteiger partial charge in [-0.15, -0.1) is 0 Å². The number of methoxy groups -OCH3 is 1. The van der Waals surface area contributed by atoms with Crippen molar-refractivity contribution in [2.24, 2.45) is 0 Å². The molecule has 0 aliphatic rings. The highest BCUT2D eigenvalue weighted by Crippen LogP contribution is 2.23. The zero-order chi connectivity index (χ0) is 13.1. The molecule has 0 heterocycles. The SMILES string of the molecule is COC(=O)CS(=O)(=O)Nc1ccc(Cl)cc1I. The molecule has 0 spiro atoms. The molecule has 5 nitrogen and oxygen atoms in total. The summed E-state index contributed by atoms with van der Waals surface area (Å²) in [4.78, 5) is 10.9. The molecular weight excluding hydrogens is 381 g/mol. The van der Waals surface area contributed by atoms with Crippen LogP contribution in [0.4, 0.5) is 5.69 Å². The Hall–Kier alpha value is -0.540. The predicted octanol–water partition coefficient (Wildman–Crippen LogP) is 1.86. The lowest BCUT2D eigenvalue weighted by atomic mass is 10.3. The first-order valence-corrected chi connectivity index (χ1v) is 7.47. The van der Waals surface area contributed by atoms with Crippen LogP contribution in [0.3, 0.4) is 0 Å². The van der Waals surface area contributed by atoms with Crippen molar-refractivity contribution in [2.75, 3.05) is 17.6 Å². The summed E-state index contributed by atoms with van der Waals surface area (Å²) in [7, 11) is -2.62. The third kappa shape index (κ3) is 4.68. The Kier molecular flexibility index (Phi) is 5.02. The molecule has 0 aliphatic heterocycles. The van der Waals surface area contributed by atoms with Gasteiger partial charge in [-0.05, 0) is 40.8 Å². The van der Waals surface area contributed by atoms with Crippen molar-refractivity contribution >= 4 is 55.9 Å². The molecule has 0 atom stereocenters. The van der Waals surface area contributed by atoms with Gasteiger partial charge in [0.25, 0.3) is 0 Å². The Morgan fingerprint density at radius 2 is 2.18 bits per heavy atom. The largest absolute Gasteiger partial charge is 0.468 e. The standard InChI is InChI=1S/C9H9ClINO4S/c1-16-9(13)5-17(14,15)12-8-3-2-6(10)4-7(8)11/h2-4,12H,5H2,1H3. The molecule has 0 amide bonds. The smallest absolute Gasteiger partial charge is 0.322 e. The van der Waals surface area contributed by atoms with Crippen LogP contribution in [0.2, 0.25) is 5.02 Å². The summed E-state index contributed by atoms with van der Waals surface area (Å²) >= 11 is 7.68. The summed E-state index contributed by atoms with van der Waals surface area (Å²) in [5, 5.41) is 0.505. The Morgan fingerprint density at radius 3 is 2.71 bits per heavy atom. The summed E-state index contributed by atoms with van der Waals surface area (Å²) in [5.41, 5.74) is 0.374. The van der Waals surface area contributed by atoms with Gasteiger partial charge in [-0.1, -0.05) is 11.6 Å². The van der Waals surface area contributed by atoms with Crippen molar-refractivity contribution in [1.29, 1.82) is 0 Å². The number of benzene rings is 1. The molecular formula is C9H9ClINO4S. The Balaban J connectivity index is 2.87. The topological polar surface area (TPSA) is 72.5 Å². The van der Waals surface area contributed by atoms with Crippen LogP contribution in [0.5, 0.6) is 0 Å². The lowest BCUT2D eigenvalue weighted by Gasteiger charge is -2.08. The maximum atomic E-state index is 11.6. The van der Waals surface area contributed by atoms with Crippen LogP contribution < -0.4 is 4.72 Å². The van der Waals surface area contributed by atoms with E-state index in [1.807, 2.05) is 22.6 Å². The molecule has 8 heteroatoms. The molecule has 17 heavy (non-hydrogen) atoms. The van der Waals surface area contributed by atoms with E-state index in [9.17, 15) is 13.2 Å². The highest BCUT2D eigenvalue weighted by Gasteiger charge is 2.17. The number of rotatable bonds is 4. The molecule has 0 bridgehead atoms. The van der Waals surface area contributed by atoms with E-state index in [1.165, 1.54) is 6.07 Å². The van der Waals surface area contributed by atoms with Gasteiger partial charge in [0, 0.05) is 8.59 Å². The maximum Gasteiger partial charge on any atom is 0.322 e. The van der Waals surface area contributed by atoms with Crippen molar-refractivity contribution in [3.63, 3.8) is 0 Å². The van der Waals surface area contributed by atoms with Gasteiger partial charge in [-0.2, -0.15) is 0 Å². The van der Waals surface area contributed by atoms with Crippen molar-refractivity contribution < 1.29 is 17.9 Å². The first-order valence-electron chi connectivity index (χ1n) is 4.36. The molecule has 0 radical (unpaired) electrons. The van der Waals surface area contributed by atoms with E-state index in [2.05, 4.69) is 9.46 Å². The van der Waals surface area contributed by atoms with Crippen LogP contribution in [0, 0.1) is 3.57 Å². The molecule has 0 fully saturated rings. The molecule has 1 rings (SSSR count). The Bertz CT molecular complexity index is 532. The minimum Gasteiger partial charge on any atom is -0.468 e. The van der Waals surface area contributed by atoms with Crippen molar-refractivity contribution in [3.05, 3.63) is 26.8 Å². The molecule has 94 valence electrons. The zero-order valence-corrected chi connectivity index (χ0v) is 12.5. The summed E-state index contributed by atoms with van der Waals surface area (Å²) in [5.74, 6) is -1.54. The minimum absolute atomic E-state index is 0.374. The van der Waals surface area contributed by atoms with Gasteiger partial charge in [0.15, 0.2) is 5.75 Å².